The summed E-state index contributed by atoms with van der Waals surface area (Å²) in [4.78, 5) is 0. The summed E-state index contributed by atoms with van der Waals surface area (Å²) in [7, 11) is 0. The van der Waals surface area contributed by atoms with E-state index in [-0.39, 0.29) is 0 Å². The van der Waals surface area contributed by atoms with Crippen molar-refractivity contribution >= 4 is 37.5 Å². The van der Waals surface area contributed by atoms with Crippen LogP contribution in [0, 0.1) is 87.3 Å². The van der Waals surface area contributed by atoms with Crippen molar-refractivity contribution in [2.75, 3.05) is 0 Å². The van der Waals surface area contributed by atoms with Crippen LogP contribution in [0.15, 0.2) is 0 Å². The van der Waals surface area contributed by atoms with Gasteiger partial charge in [-0.3, -0.25) is 0 Å². The Morgan fingerprint density at radius 1 is 0.257 bits per heavy atom. The summed E-state index contributed by atoms with van der Waals surface area (Å²) in [6.45, 7) is -6.78. The zero-order valence-corrected chi connectivity index (χ0v) is 18.1. The van der Waals surface area contributed by atoms with Crippen LogP contribution in [0.2, 0.25) is 0 Å². The van der Waals surface area contributed by atoms with Crippen molar-refractivity contribution in [3.05, 3.63) is 87.3 Å². The molecule has 0 saturated heterocycles. The van der Waals surface area contributed by atoms with Crippen LogP contribution in [0.3, 0.4) is 0 Å². The van der Waals surface area contributed by atoms with Crippen molar-refractivity contribution in [2.24, 2.45) is 0 Å². The largest absolute Gasteiger partial charge is 0.240 e. The summed E-state index contributed by atoms with van der Waals surface area (Å²) in [5.41, 5.74) is 0. The van der Waals surface area contributed by atoms with E-state index in [2.05, 4.69) is 0 Å². The number of halogens is 16. The van der Waals surface area contributed by atoms with Gasteiger partial charge in [-0.1, -0.05) is 0 Å². The molecule has 0 aliphatic rings. The van der Waals surface area contributed by atoms with Crippen molar-refractivity contribution < 1.29 is 65.9 Å². The Bertz CT molecular complexity index is 1170. The number of hydrogen-bond donors (Lipinski definition) is 0. The molecule has 35 heavy (non-hydrogen) atoms. The van der Waals surface area contributed by atoms with Crippen LogP contribution in [0.5, 0.6) is 0 Å². The second-order valence-electron chi connectivity index (χ2n) is 6.49. The first kappa shape index (κ1) is 26.9. The molecule has 17 heteroatoms. The van der Waals surface area contributed by atoms with Gasteiger partial charge in [0.05, 0.1) is 0 Å². The summed E-state index contributed by atoms with van der Waals surface area (Å²) in [5, 5.41) is -7.92. The topological polar surface area (TPSA) is 0 Å². The lowest BCUT2D eigenvalue weighted by atomic mass is 10.3. The maximum atomic E-state index is 14.6. The van der Waals surface area contributed by atoms with E-state index in [9.17, 15) is 65.9 Å². The standard InChI is InChI=1S/C18BrF15Si/c19-35(16-10(29)4(23)1(20)5(24)11(16)30,17-12(31)6(25)2(21)7(26)13(17)32)18-14(33)8(27)3(22)9(28)15(18)34. The fourth-order valence-electron chi connectivity index (χ4n) is 3.10. The van der Waals surface area contributed by atoms with E-state index in [4.69, 9.17) is 0 Å². The average Bonchev–Trinajstić information content (AvgIpc) is 2.81. The molecule has 0 saturated carbocycles. The van der Waals surface area contributed by atoms with Gasteiger partial charge < -0.3 is 0 Å². The van der Waals surface area contributed by atoms with E-state index in [1.165, 1.54) is 0 Å². The zero-order chi connectivity index (χ0) is 26.9. The van der Waals surface area contributed by atoms with E-state index in [0.29, 0.717) is 0 Å². The number of rotatable bonds is 3. The molecule has 0 unspecified atom stereocenters. The molecule has 0 bridgehead atoms. The number of hydrogen-bond acceptors (Lipinski definition) is 0. The van der Waals surface area contributed by atoms with Crippen LogP contribution in [0.25, 0.3) is 0 Å². The van der Waals surface area contributed by atoms with Gasteiger partial charge in [0, 0.05) is 15.6 Å². The van der Waals surface area contributed by atoms with Gasteiger partial charge in [0.25, 0.3) is 0 Å². The summed E-state index contributed by atoms with van der Waals surface area (Å²) < 4.78 is 211. The van der Waals surface area contributed by atoms with Gasteiger partial charge in [0.1, 0.15) is 0 Å². The Labute approximate surface area is 191 Å². The summed E-state index contributed by atoms with van der Waals surface area (Å²) in [6.07, 6.45) is 0. The van der Waals surface area contributed by atoms with E-state index in [0.717, 1.165) is 0 Å². The highest BCUT2D eigenvalue weighted by Gasteiger charge is 2.54. The van der Waals surface area contributed by atoms with Gasteiger partial charge >= 0.3 is 0 Å². The molecular weight excluding hydrogens is 609 g/mol. The highest BCUT2D eigenvalue weighted by Crippen LogP contribution is 2.30. The molecule has 0 radical (unpaired) electrons. The molecule has 3 aromatic rings. The van der Waals surface area contributed by atoms with Gasteiger partial charge in [0.15, 0.2) is 69.8 Å². The van der Waals surface area contributed by atoms with E-state index >= 15 is 0 Å². The van der Waals surface area contributed by atoms with Gasteiger partial charge in [-0.15, -0.1) is 15.3 Å². The lowest BCUT2D eigenvalue weighted by Crippen LogP contribution is -2.69. The van der Waals surface area contributed by atoms with Gasteiger partial charge in [-0.2, -0.15) is 0 Å². The Balaban J connectivity index is 2.78. The summed E-state index contributed by atoms with van der Waals surface area (Å²) >= 11 is 1.93. The van der Waals surface area contributed by atoms with Crippen molar-refractivity contribution in [3.63, 3.8) is 0 Å². The number of benzene rings is 3. The zero-order valence-electron chi connectivity index (χ0n) is 15.5. The molecule has 0 N–H and O–H groups in total. The first-order valence-electron chi connectivity index (χ1n) is 8.27. The fraction of sp³-hybridized carbons (Fsp3) is 0. The van der Waals surface area contributed by atoms with Crippen molar-refractivity contribution in [3.8, 4) is 0 Å². The third kappa shape index (κ3) is 3.53. The Hall–Kier alpha value is -2.69. The minimum absolute atomic E-state index is 1.93. The second-order valence-corrected chi connectivity index (χ2v) is 12.9. The van der Waals surface area contributed by atoms with E-state index in [1.54, 1.807) is 0 Å². The highest BCUT2D eigenvalue weighted by atomic mass is 79.9. The van der Waals surface area contributed by atoms with Crippen molar-refractivity contribution in [2.45, 2.75) is 0 Å². The fourth-order valence-corrected chi connectivity index (χ4v) is 9.45. The maximum absolute atomic E-state index is 14.6. The maximum Gasteiger partial charge on any atom is 0.240 e. The summed E-state index contributed by atoms with van der Waals surface area (Å²) in [5.74, 6) is -45.2. The molecule has 0 fully saturated rings. The lowest BCUT2D eigenvalue weighted by Gasteiger charge is -2.29. The highest BCUT2D eigenvalue weighted by molar-refractivity contribution is 9.27. The molecule has 0 aliphatic carbocycles. The monoisotopic (exact) mass is 608 g/mol. The van der Waals surface area contributed by atoms with Crippen LogP contribution in [0.4, 0.5) is 65.9 Å². The molecule has 0 spiro atoms. The van der Waals surface area contributed by atoms with Crippen molar-refractivity contribution in [1.29, 1.82) is 0 Å². The predicted molar refractivity (Wildman–Crippen MR) is 92.3 cm³/mol. The minimum Gasteiger partial charge on any atom is -0.204 e. The van der Waals surface area contributed by atoms with Crippen LogP contribution >= 0.6 is 15.3 Å². The molecule has 0 atom stereocenters. The summed E-state index contributed by atoms with van der Waals surface area (Å²) in [6, 6.07) is 0. The second kappa shape index (κ2) is 8.76. The molecule has 3 rings (SSSR count). The molecule has 0 heterocycles. The van der Waals surface area contributed by atoms with E-state index in [1.807, 2.05) is 15.3 Å². The Morgan fingerprint density at radius 2 is 0.371 bits per heavy atom. The molecule has 0 nitrogen and oxygen atoms in total. The lowest BCUT2D eigenvalue weighted by molar-refractivity contribution is 0.380. The normalized spacial score (nSPS) is 12.0. The smallest absolute Gasteiger partial charge is 0.204 e. The SMILES string of the molecule is Fc1c(F)c(F)c([Si](Br)(c2c(F)c(F)c(F)c(F)c2F)c2c(F)c(F)c(F)c(F)c2F)c(F)c1F. The minimum atomic E-state index is -6.78. The molecule has 188 valence electrons. The Morgan fingerprint density at radius 3 is 0.514 bits per heavy atom. The van der Waals surface area contributed by atoms with Gasteiger partial charge in [-0.25, -0.2) is 65.9 Å². The van der Waals surface area contributed by atoms with Crippen LogP contribution in [-0.4, -0.2) is 6.69 Å². The molecule has 0 aliphatic heterocycles. The molecule has 0 aromatic heterocycles. The first-order valence-corrected chi connectivity index (χ1v) is 12.5. The molecule has 3 aromatic carbocycles. The Kier molecular flexibility index (Phi) is 6.73. The molecule has 0 amide bonds. The third-order valence-electron chi connectivity index (χ3n) is 4.66. The predicted octanol–water partition coefficient (Wildman–Crippen LogP) is 5.13. The van der Waals surface area contributed by atoms with Crippen LogP contribution in [-0.2, 0) is 0 Å². The van der Waals surface area contributed by atoms with Crippen LogP contribution in [0.1, 0.15) is 0 Å². The molecular formula is C18BrF15Si. The van der Waals surface area contributed by atoms with Crippen molar-refractivity contribution in [1.82, 2.24) is 0 Å². The van der Waals surface area contributed by atoms with Crippen LogP contribution < -0.4 is 15.6 Å². The quantitative estimate of drug-likeness (QED) is 0.0966. The average molecular weight is 609 g/mol. The third-order valence-corrected chi connectivity index (χ3v) is 11.6. The van der Waals surface area contributed by atoms with E-state index < -0.39 is 110 Å². The van der Waals surface area contributed by atoms with Gasteiger partial charge in [-0.05, 0) is 0 Å². The first-order chi connectivity index (χ1) is 16.0. The van der Waals surface area contributed by atoms with Gasteiger partial charge in [0.2, 0.25) is 24.1 Å².